The van der Waals surface area contributed by atoms with E-state index >= 15 is 0 Å². The lowest BCUT2D eigenvalue weighted by Crippen LogP contribution is -2.12. The molecule has 0 saturated carbocycles. The molecule has 2 atom stereocenters. The molecular weight excluding hydrogens is 222 g/mol. The van der Waals surface area contributed by atoms with Crippen LogP contribution in [0.3, 0.4) is 0 Å². The third-order valence-electron chi connectivity index (χ3n) is 3.88. The van der Waals surface area contributed by atoms with Gasteiger partial charge in [-0.15, -0.1) is 0 Å². The van der Waals surface area contributed by atoms with Crippen LogP contribution in [0.4, 0.5) is 0 Å². The Bertz CT molecular complexity index is 373. The summed E-state index contributed by atoms with van der Waals surface area (Å²) >= 11 is 0. The molecule has 0 aliphatic carbocycles. The van der Waals surface area contributed by atoms with E-state index in [1.165, 1.54) is 11.1 Å². The Labute approximate surface area is 112 Å². The number of rotatable bonds is 6. The van der Waals surface area contributed by atoms with Crippen molar-refractivity contribution in [2.75, 3.05) is 13.7 Å². The third kappa shape index (κ3) is 3.49. The van der Waals surface area contributed by atoms with E-state index < -0.39 is 0 Å². The molecule has 2 N–H and O–H groups in total. The summed E-state index contributed by atoms with van der Waals surface area (Å²) in [5.41, 5.74) is 8.33. The van der Waals surface area contributed by atoms with Gasteiger partial charge in [0.15, 0.2) is 0 Å². The molecule has 1 aromatic rings. The minimum absolute atomic E-state index is 0.483. The Kier molecular flexibility index (Phi) is 5.67. The van der Waals surface area contributed by atoms with Gasteiger partial charge in [-0.1, -0.05) is 39.8 Å². The molecule has 0 spiro atoms. The van der Waals surface area contributed by atoms with Crippen LogP contribution in [0.15, 0.2) is 18.2 Å². The first-order chi connectivity index (χ1) is 8.51. The number of methoxy groups -OCH3 is 1. The quantitative estimate of drug-likeness (QED) is 0.829. The Morgan fingerprint density at radius 1 is 1.17 bits per heavy atom. The second-order valence-electron chi connectivity index (χ2n) is 5.50. The first-order valence-corrected chi connectivity index (χ1v) is 6.89. The van der Waals surface area contributed by atoms with Gasteiger partial charge in [-0.05, 0) is 47.9 Å². The van der Waals surface area contributed by atoms with Crippen LogP contribution in [0.1, 0.15) is 57.1 Å². The SMILES string of the molecule is COc1ccc(C(C)C(C)CCN)cc1C(C)C. The normalized spacial score (nSPS) is 14.6. The highest BCUT2D eigenvalue weighted by Gasteiger charge is 2.16. The van der Waals surface area contributed by atoms with Crippen molar-refractivity contribution >= 4 is 0 Å². The molecule has 0 aromatic heterocycles. The van der Waals surface area contributed by atoms with Gasteiger partial charge < -0.3 is 10.5 Å². The summed E-state index contributed by atoms with van der Waals surface area (Å²) in [6.45, 7) is 9.73. The van der Waals surface area contributed by atoms with Crippen LogP contribution in [0.5, 0.6) is 5.75 Å². The zero-order valence-corrected chi connectivity index (χ0v) is 12.4. The zero-order chi connectivity index (χ0) is 13.7. The molecule has 102 valence electrons. The topological polar surface area (TPSA) is 35.2 Å². The van der Waals surface area contributed by atoms with Gasteiger partial charge in [0, 0.05) is 0 Å². The highest BCUT2D eigenvalue weighted by molar-refractivity contribution is 5.40. The lowest BCUT2D eigenvalue weighted by molar-refractivity contribution is 0.406. The van der Waals surface area contributed by atoms with E-state index in [-0.39, 0.29) is 0 Å². The molecule has 2 heteroatoms. The van der Waals surface area contributed by atoms with Crippen molar-refractivity contribution in [1.82, 2.24) is 0 Å². The van der Waals surface area contributed by atoms with Crippen LogP contribution in [0.25, 0.3) is 0 Å². The highest BCUT2D eigenvalue weighted by atomic mass is 16.5. The minimum Gasteiger partial charge on any atom is -0.496 e. The maximum absolute atomic E-state index is 5.65. The molecule has 2 unspecified atom stereocenters. The number of benzene rings is 1. The van der Waals surface area contributed by atoms with E-state index in [4.69, 9.17) is 10.5 Å². The van der Waals surface area contributed by atoms with Gasteiger partial charge >= 0.3 is 0 Å². The van der Waals surface area contributed by atoms with Gasteiger partial charge in [-0.3, -0.25) is 0 Å². The number of nitrogens with two attached hydrogens (primary N) is 1. The molecule has 0 saturated heterocycles. The third-order valence-corrected chi connectivity index (χ3v) is 3.88. The predicted octanol–water partition coefficient (Wildman–Crippen LogP) is 3.91. The van der Waals surface area contributed by atoms with Crippen molar-refractivity contribution in [3.05, 3.63) is 29.3 Å². The smallest absolute Gasteiger partial charge is 0.122 e. The van der Waals surface area contributed by atoms with Crippen LogP contribution in [0, 0.1) is 5.92 Å². The largest absolute Gasteiger partial charge is 0.496 e. The maximum atomic E-state index is 5.65. The van der Waals surface area contributed by atoms with E-state index in [1.54, 1.807) is 7.11 Å². The van der Waals surface area contributed by atoms with Crippen molar-refractivity contribution < 1.29 is 4.74 Å². The van der Waals surface area contributed by atoms with Crippen molar-refractivity contribution in [3.63, 3.8) is 0 Å². The molecule has 0 amide bonds. The van der Waals surface area contributed by atoms with Crippen LogP contribution in [-0.4, -0.2) is 13.7 Å². The fourth-order valence-electron chi connectivity index (χ4n) is 2.33. The summed E-state index contributed by atoms with van der Waals surface area (Å²) in [5.74, 6) is 2.63. The first kappa shape index (κ1) is 15.0. The Hall–Kier alpha value is -1.02. The summed E-state index contributed by atoms with van der Waals surface area (Å²) in [4.78, 5) is 0. The monoisotopic (exact) mass is 249 g/mol. The van der Waals surface area contributed by atoms with Crippen molar-refractivity contribution in [1.29, 1.82) is 0 Å². The molecule has 0 heterocycles. The van der Waals surface area contributed by atoms with Crippen LogP contribution >= 0.6 is 0 Å². The molecule has 0 bridgehead atoms. The molecule has 1 rings (SSSR count). The average Bonchev–Trinajstić information content (AvgIpc) is 2.37. The molecule has 0 aliphatic rings. The maximum Gasteiger partial charge on any atom is 0.122 e. The molecule has 0 aliphatic heterocycles. The lowest BCUT2D eigenvalue weighted by atomic mass is 9.85. The van der Waals surface area contributed by atoms with Crippen molar-refractivity contribution in [2.24, 2.45) is 11.7 Å². The van der Waals surface area contributed by atoms with E-state index in [2.05, 4.69) is 45.9 Å². The lowest BCUT2D eigenvalue weighted by Gasteiger charge is -2.22. The molecule has 0 radical (unpaired) electrons. The molecule has 1 aromatic carbocycles. The summed E-state index contributed by atoms with van der Waals surface area (Å²) in [6.07, 6.45) is 1.07. The second kappa shape index (κ2) is 6.79. The average molecular weight is 249 g/mol. The Morgan fingerprint density at radius 3 is 2.33 bits per heavy atom. The second-order valence-corrected chi connectivity index (χ2v) is 5.50. The van der Waals surface area contributed by atoms with Gasteiger partial charge in [0.1, 0.15) is 5.75 Å². The van der Waals surface area contributed by atoms with E-state index in [9.17, 15) is 0 Å². The van der Waals surface area contributed by atoms with Crippen LogP contribution in [0.2, 0.25) is 0 Å². The van der Waals surface area contributed by atoms with Gasteiger partial charge in [-0.25, -0.2) is 0 Å². The standard InChI is InChI=1S/C16H27NO/c1-11(2)15-10-14(6-7-16(15)18-5)13(4)12(3)8-9-17/h6-7,10-13H,8-9,17H2,1-5H3. The molecular formula is C16H27NO. The summed E-state index contributed by atoms with van der Waals surface area (Å²) in [5, 5.41) is 0. The van der Waals surface area contributed by atoms with E-state index in [0.29, 0.717) is 17.8 Å². The zero-order valence-electron chi connectivity index (χ0n) is 12.4. The first-order valence-electron chi connectivity index (χ1n) is 6.89. The van der Waals surface area contributed by atoms with Crippen LogP contribution < -0.4 is 10.5 Å². The van der Waals surface area contributed by atoms with E-state index in [1.807, 2.05) is 0 Å². The van der Waals surface area contributed by atoms with Gasteiger partial charge in [0.25, 0.3) is 0 Å². The van der Waals surface area contributed by atoms with Crippen molar-refractivity contribution in [3.8, 4) is 5.75 Å². The number of hydrogen-bond acceptors (Lipinski definition) is 2. The van der Waals surface area contributed by atoms with E-state index in [0.717, 1.165) is 18.7 Å². The van der Waals surface area contributed by atoms with Crippen molar-refractivity contribution in [2.45, 2.75) is 46.0 Å². The number of ether oxygens (including phenoxy) is 1. The fraction of sp³-hybridized carbons (Fsp3) is 0.625. The Morgan fingerprint density at radius 2 is 1.83 bits per heavy atom. The minimum atomic E-state index is 0.483. The van der Waals surface area contributed by atoms with Gasteiger partial charge in [-0.2, -0.15) is 0 Å². The van der Waals surface area contributed by atoms with Crippen LogP contribution in [-0.2, 0) is 0 Å². The van der Waals surface area contributed by atoms with Gasteiger partial charge in [0.05, 0.1) is 7.11 Å². The molecule has 0 fully saturated rings. The summed E-state index contributed by atoms with van der Waals surface area (Å²) in [7, 11) is 1.74. The molecule has 2 nitrogen and oxygen atoms in total. The summed E-state index contributed by atoms with van der Waals surface area (Å²) < 4.78 is 5.43. The molecule has 18 heavy (non-hydrogen) atoms. The van der Waals surface area contributed by atoms with Gasteiger partial charge in [0.2, 0.25) is 0 Å². The fourth-order valence-corrected chi connectivity index (χ4v) is 2.33. The predicted molar refractivity (Wildman–Crippen MR) is 78.3 cm³/mol. The highest BCUT2D eigenvalue weighted by Crippen LogP contribution is 2.33. The summed E-state index contributed by atoms with van der Waals surface area (Å²) in [6, 6.07) is 6.57. The Balaban J connectivity index is 3.00. The number of hydrogen-bond donors (Lipinski definition) is 1.